The molecule has 2 aliphatic rings. The minimum atomic E-state index is 0. The van der Waals surface area contributed by atoms with E-state index >= 15 is 0 Å². The van der Waals surface area contributed by atoms with Gasteiger partial charge in [0.2, 0.25) is 5.91 Å². The maximum Gasteiger partial charge on any atom is 0.226 e. The molecule has 1 amide bonds. The van der Waals surface area contributed by atoms with Gasteiger partial charge < -0.3 is 10.6 Å². The summed E-state index contributed by atoms with van der Waals surface area (Å²) < 4.78 is 0. The first-order chi connectivity index (χ1) is 9.56. The van der Waals surface area contributed by atoms with Crippen LogP contribution in [0.5, 0.6) is 0 Å². The number of rotatable bonds is 2. The SMILES string of the molecule is Cl.NC1CCN(C(=O)C2CC2c2ccc(Cl)c(Cl)c2)CC1. The van der Waals surface area contributed by atoms with E-state index in [1.165, 1.54) is 0 Å². The molecule has 2 unspecified atom stereocenters. The van der Waals surface area contributed by atoms with Crippen LogP contribution in [-0.4, -0.2) is 29.9 Å². The number of piperidine rings is 1. The first-order valence-electron chi connectivity index (χ1n) is 7.05. The molecule has 1 aliphatic heterocycles. The molecule has 1 aromatic carbocycles. The fourth-order valence-electron chi connectivity index (χ4n) is 2.93. The summed E-state index contributed by atoms with van der Waals surface area (Å²) in [6.45, 7) is 1.59. The molecule has 21 heavy (non-hydrogen) atoms. The number of hydrogen-bond donors (Lipinski definition) is 1. The summed E-state index contributed by atoms with van der Waals surface area (Å²) in [6, 6.07) is 5.91. The average molecular weight is 350 g/mol. The Hall–Kier alpha value is -0.480. The Morgan fingerprint density at radius 3 is 2.48 bits per heavy atom. The number of nitrogens with two attached hydrogens (primary N) is 1. The first-order valence-corrected chi connectivity index (χ1v) is 7.81. The Balaban J connectivity index is 0.00000161. The maximum atomic E-state index is 12.4. The van der Waals surface area contributed by atoms with Gasteiger partial charge >= 0.3 is 0 Å². The van der Waals surface area contributed by atoms with Crippen LogP contribution < -0.4 is 5.73 Å². The van der Waals surface area contributed by atoms with Crippen LogP contribution in [0.2, 0.25) is 10.0 Å². The van der Waals surface area contributed by atoms with Crippen molar-refractivity contribution in [3.63, 3.8) is 0 Å². The predicted octanol–water partition coefficient (Wildman–Crippen LogP) is 3.47. The molecule has 0 aromatic heterocycles. The van der Waals surface area contributed by atoms with Crippen molar-refractivity contribution in [2.75, 3.05) is 13.1 Å². The van der Waals surface area contributed by atoms with Crippen molar-refractivity contribution in [3.05, 3.63) is 33.8 Å². The lowest BCUT2D eigenvalue weighted by Gasteiger charge is -2.30. The monoisotopic (exact) mass is 348 g/mol. The normalized spacial score (nSPS) is 25.4. The van der Waals surface area contributed by atoms with Crippen molar-refractivity contribution < 1.29 is 4.79 Å². The lowest BCUT2D eigenvalue weighted by Crippen LogP contribution is -2.43. The average Bonchev–Trinajstić information content (AvgIpc) is 3.22. The molecule has 6 heteroatoms. The van der Waals surface area contributed by atoms with Gasteiger partial charge in [-0.25, -0.2) is 0 Å². The molecular formula is C15H19Cl3N2O. The van der Waals surface area contributed by atoms with E-state index < -0.39 is 0 Å². The standard InChI is InChI=1S/C15H18Cl2N2O.ClH/c16-13-2-1-9(7-14(13)17)11-8-12(11)15(20)19-5-3-10(18)4-6-19;/h1-2,7,10-12H,3-6,8,18H2;1H. The molecule has 2 atom stereocenters. The van der Waals surface area contributed by atoms with Gasteiger partial charge in [0.1, 0.15) is 0 Å². The van der Waals surface area contributed by atoms with E-state index in [-0.39, 0.29) is 30.3 Å². The van der Waals surface area contributed by atoms with Crippen LogP contribution in [0.1, 0.15) is 30.7 Å². The van der Waals surface area contributed by atoms with Crippen molar-refractivity contribution in [1.82, 2.24) is 4.90 Å². The Bertz CT molecular complexity index is 530. The molecule has 2 N–H and O–H groups in total. The number of benzene rings is 1. The van der Waals surface area contributed by atoms with E-state index in [0.29, 0.717) is 16.0 Å². The van der Waals surface area contributed by atoms with Crippen molar-refractivity contribution >= 4 is 41.5 Å². The summed E-state index contributed by atoms with van der Waals surface area (Å²) in [5, 5.41) is 1.12. The highest BCUT2D eigenvalue weighted by molar-refractivity contribution is 6.42. The number of amides is 1. The lowest BCUT2D eigenvalue weighted by molar-refractivity contribution is -0.133. The number of likely N-dealkylation sites (tertiary alicyclic amines) is 1. The number of halogens is 3. The second kappa shape index (κ2) is 6.74. The zero-order chi connectivity index (χ0) is 14.3. The quantitative estimate of drug-likeness (QED) is 0.888. The van der Waals surface area contributed by atoms with Gasteiger partial charge in [0.25, 0.3) is 0 Å². The smallest absolute Gasteiger partial charge is 0.226 e. The van der Waals surface area contributed by atoms with Gasteiger partial charge in [-0.05, 0) is 42.9 Å². The number of nitrogens with zero attached hydrogens (tertiary/aromatic N) is 1. The minimum absolute atomic E-state index is 0. The molecule has 1 saturated heterocycles. The van der Waals surface area contributed by atoms with Gasteiger partial charge in [0.15, 0.2) is 0 Å². The van der Waals surface area contributed by atoms with E-state index in [1.54, 1.807) is 6.07 Å². The second-order valence-electron chi connectivity index (χ2n) is 5.78. The zero-order valence-electron chi connectivity index (χ0n) is 11.6. The van der Waals surface area contributed by atoms with Crippen LogP contribution in [0.3, 0.4) is 0 Å². The van der Waals surface area contributed by atoms with Crippen molar-refractivity contribution in [2.24, 2.45) is 11.7 Å². The van der Waals surface area contributed by atoms with Gasteiger partial charge in [-0.3, -0.25) is 4.79 Å². The van der Waals surface area contributed by atoms with Crippen LogP contribution in [0.4, 0.5) is 0 Å². The Morgan fingerprint density at radius 2 is 1.86 bits per heavy atom. The van der Waals surface area contributed by atoms with Gasteiger partial charge in [0.05, 0.1) is 10.0 Å². The molecule has 0 radical (unpaired) electrons. The van der Waals surface area contributed by atoms with Gasteiger partial charge in [-0.1, -0.05) is 29.3 Å². The minimum Gasteiger partial charge on any atom is -0.342 e. The van der Waals surface area contributed by atoms with E-state index in [0.717, 1.165) is 37.9 Å². The van der Waals surface area contributed by atoms with Crippen LogP contribution in [0.25, 0.3) is 0 Å². The number of hydrogen-bond acceptors (Lipinski definition) is 2. The third kappa shape index (κ3) is 3.65. The van der Waals surface area contributed by atoms with Crippen molar-refractivity contribution in [3.8, 4) is 0 Å². The molecule has 116 valence electrons. The fraction of sp³-hybridized carbons (Fsp3) is 0.533. The van der Waals surface area contributed by atoms with E-state index in [2.05, 4.69) is 0 Å². The van der Waals surface area contributed by atoms with Gasteiger partial charge in [-0.15, -0.1) is 12.4 Å². The molecule has 2 fully saturated rings. The van der Waals surface area contributed by atoms with Crippen molar-refractivity contribution in [1.29, 1.82) is 0 Å². The third-order valence-corrected chi connectivity index (χ3v) is 5.07. The summed E-state index contributed by atoms with van der Waals surface area (Å²) in [7, 11) is 0. The summed E-state index contributed by atoms with van der Waals surface area (Å²) in [6.07, 6.45) is 2.74. The van der Waals surface area contributed by atoms with Crippen LogP contribution in [0.15, 0.2) is 18.2 Å². The molecule has 0 bridgehead atoms. The summed E-state index contributed by atoms with van der Waals surface area (Å²) in [5.41, 5.74) is 6.99. The molecule has 1 heterocycles. The number of carbonyl (C=O) groups is 1. The molecule has 1 aromatic rings. The van der Waals surface area contributed by atoms with Gasteiger partial charge in [0, 0.05) is 25.0 Å². The number of carbonyl (C=O) groups excluding carboxylic acids is 1. The zero-order valence-corrected chi connectivity index (χ0v) is 13.9. The van der Waals surface area contributed by atoms with Gasteiger partial charge in [-0.2, -0.15) is 0 Å². The molecule has 0 spiro atoms. The van der Waals surface area contributed by atoms with E-state index in [4.69, 9.17) is 28.9 Å². The highest BCUT2D eigenvalue weighted by atomic mass is 35.5. The molecule has 3 rings (SSSR count). The van der Waals surface area contributed by atoms with Crippen LogP contribution in [-0.2, 0) is 4.79 Å². The van der Waals surface area contributed by atoms with E-state index in [9.17, 15) is 4.79 Å². The summed E-state index contributed by atoms with van der Waals surface area (Å²) in [4.78, 5) is 14.4. The fourth-order valence-corrected chi connectivity index (χ4v) is 3.24. The highest BCUT2D eigenvalue weighted by Crippen LogP contribution is 2.49. The van der Waals surface area contributed by atoms with Crippen LogP contribution >= 0.6 is 35.6 Å². The van der Waals surface area contributed by atoms with Crippen molar-refractivity contribution in [2.45, 2.75) is 31.2 Å². The summed E-state index contributed by atoms with van der Waals surface area (Å²) in [5.74, 6) is 0.683. The van der Waals surface area contributed by atoms with Crippen LogP contribution in [0, 0.1) is 5.92 Å². The first kappa shape index (κ1) is 16.9. The molecular weight excluding hydrogens is 331 g/mol. The Morgan fingerprint density at radius 1 is 1.19 bits per heavy atom. The second-order valence-corrected chi connectivity index (χ2v) is 6.60. The van der Waals surface area contributed by atoms with E-state index in [1.807, 2.05) is 17.0 Å². The predicted molar refractivity (Wildman–Crippen MR) is 88.3 cm³/mol. The molecule has 1 saturated carbocycles. The summed E-state index contributed by atoms with van der Waals surface area (Å²) >= 11 is 12.0. The Labute approximate surface area is 141 Å². The topological polar surface area (TPSA) is 46.3 Å². The maximum absolute atomic E-state index is 12.4. The highest BCUT2D eigenvalue weighted by Gasteiger charge is 2.46. The lowest BCUT2D eigenvalue weighted by atomic mass is 10.0. The third-order valence-electron chi connectivity index (χ3n) is 4.33. The molecule has 1 aliphatic carbocycles. The largest absolute Gasteiger partial charge is 0.342 e. The molecule has 3 nitrogen and oxygen atoms in total. The Kier molecular flexibility index (Phi) is 5.42.